The van der Waals surface area contributed by atoms with Crippen molar-refractivity contribution in [3.05, 3.63) is 23.8 Å². The van der Waals surface area contributed by atoms with Crippen LogP contribution >= 0.6 is 0 Å². The average molecular weight is 234 g/mol. The molecular weight excluding hydrogens is 216 g/mol. The van der Waals surface area contributed by atoms with Crippen LogP contribution in [0, 0.1) is 0 Å². The molecule has 1 aromatic carbocycles. The molecule has 0 spiro atoms. The molecule has 2 unspecified atom stereocenters. The Morgan fingerprint density at radius 1 is 1.53 bits per heavy atom. The minimum atomic E-state index is -0.419. The van der Waals surface area contributed by atoms with Gasteiger partial charge in [0.25, 0.3) is 5.91 Å². The normalized spacial score (nSPS) is 20.2. The largest absolute Gasteiger partial charge is 0.479 e. The van der Waals surface area contributed by atoms with E-state index in [1.165, 1.54) is 5.56 Å². The van der Waals surface area contributed by atoms with Gasteiger partial charge in [-0.1, -0.05) is 6.07 Å². The summed E-state index contributed by atoms with van der Waals surface area (Å²) in [6.45, 7) is 3.73. The van der Waals surface area contributed by atoms with Gasteiger partial charge < -0.3 is 15.8 Å². The van der Waals surface area contributed by atoms with Gasteiger partial charge in [0.1, 0.15) is 5.75 Å². The molecule has 17 heavy (non-hydrogen) atoms. The van der Waals surface area contributed by atoms with Crippen molar-refractivity contribution < 1.29 is 9.53 Å². The number of carbonyl (C=O) groups is 1. The summed E-state index contributed by atoms with van der Waals surface area (Å²) in [5, 5.41) is 2.84. The highest BCUT2D eigenvalue weighted by Crippen LogP contribution is 2.30. The number of carbonyl (C=O) groups excluding carboxylic acids is 1. The van der Waals surface area contributed by atoms with Gasteiger partial charge in [-0.3, -0.25) is 4.79 Å². The Bertz CT molecular complexity index is 429. The van der Waals surface area contributed by atoms with Crippen molar-refractivity contribution in [2.45, 2.75) is 38.8 Å². The molecule has 0 radical (unpaired) electrons. The van der Waals surface area contributed by atoms with Crippen molar-refractivity contribution in [3.63, 3.8) is 0 Å². The zero-order valence-corrected chi connectivity index (χ0v) is 10.2. The molecule has 3 N–H and O–H groups in total. The Hall–Kier alpha value is -1.55. The molecule has 1 aliphatic heterocycles. The molecule has 4 heteroatoms. The van der Waals surface area contributed by atoms with E-state index in [0.29, 0.717) is 0 Å². The fraction of sp³-hybridized carbons (Fsp3) is 0.462. The second-order valence-corrected chi connectivity index (χ2v) is 4.60. The lowest BCUT2D eigenvalue weighted by Gasteiger charge is -2.23. The quantitative estimate of drug-likeness (QED) is 0.836. The van der Waals surface area contributed by atoms with Gasteiger partial charge in [0.15, 0.2) is 6.10 Å². The Labute approximate surface area is 101 Å². The number of nitrogens with two attached hydrogens (primary N) is 1. The van der Waals surface area contributed by atoms with Crippen LogP contribution in [-0.4, -0.2) is 18.1 Å². The summed E-state index contributed by atoms with van der Waals surface area (Å²) in [4.78, 5) is 11.5. The molecule has 4 nitrogen and oxygen atoms in total. The Morgan fingerprint density at radius 2 is 2.29 bits per heavy atom. The van der Waals surface area contributed by atoms with Crippen LogP contribution in [0.2, 0.25) is 0 Å². The standard InChI is InChI=1S/C13H18N2O2/c1-8(14)3-4-10-5-6-12-11(7-10)15-13(16)9(2)17-12/h5-9H,3-4,14H2,1-2H3,(H,15,16). The van der Waals surface area contributed by atoms with Gasteiger partial charge in [-0.2, -0.15) is 0 Å². The van der Waals surface area contributed by atoms with E-state index >= 15 is 0 Å². The van der Waals surface area contributed by atoms with Gasteiger partial charge in [-0.05, 0) is 44.4 Å². The van der Waals surface area contributed by atoms with Crippen molar-refractivity contribution in [2.75, 3.05) is 5.32 Å². The first-order chi connectivity index (χ1) is 8.06. The Kier molecular flexibility index (Phi) is 3.33. The number of hydrogen-bond acceptors (Lipinski definition) is 3. The molecule has 0 saturated carbocycles. The van der Waals surface area contributed by atoms with Gasteiger partial charge >= 0.3 is 0 Å². The molecule has 0 fully saturated rings. The summed E-state index contributed by atoms with van der Waals surface area (Å²) in [6, 6.07) is 6.08. The summed E-state index contributed by atoms with van der Waals surface area (Å²) in [6.07, 6.45) is 1.43. The number of fused-ring (bicyclic) bond motifs is 1. The zero-order valence-electron chi connectivity index (χ0n) is 10.2. The van der Waals surface area contributed by atoms with Gasteiger partial charge in [-0.25, -0.2) is 0 Å². The van der Waals surface area contributed by atoms with Crippen LogP contribution in [0.15, 0.2) is 18.2 Å². The lowest BCUT2D eigenvalue weighted by molar-refractivity contribution is -0.122. The molecule has 1 amide bonds. The Balaban J connectivity index is 2.14. The van der Waals surface area contributed by atoms with Crippen LogP contribution in [0.3, 0.4) is 0 Å². The molecule has 1 aromatic rings. The first-order valence-electron chi connectivity index (χ1n) is 5.92. The molecule has 0 aliphatic carbocycles. The molecule has 0 saturated heterocycles. The number of aryl methyl sites for hydroxylation is 1. The van der Waals surface area contributed by atoms with Gasteiger partial charge in [0, 0.05) is 6.04 Å². The number of rotatable bonds is 3. The first kappa shape index (κ1) is 11.9. The highest BCUT2D eigenvalue weighted by atomic mass is 16.5. The van der Waals surface area contributed by atoms with Gasteiger partial charge in [-0.15, -0.1) is 0 Å². The number of anilines is 1. The van der Waals surface area contributed by atoms with Crippen LogP contribution in [0.5, 0.6) is 5.75 Å². The number of benzene rings is 1. The predicted molar refractivity (Wildman–Crippen MR) is 67.1 cm³/mol. The summed E-state index contributed by atoms with van der Waals surface area (Å²) in [5.41, 5.74) is 7.65. The van der Waals surface area contributed by atoms with Gasteiger partial charge in [0.05, 0.1) is 5.69 Å². The smallest absolute Gasteiger partial charge is 0.265 e. The van der Waals surface area contributed by atoms with E-state index in [-0.39, 0.29) is 11.9 Å². The topological polar surface area (TPSA) is 64.3 Å². The van der Waals surface area contributed by atoms with Crippen molar-refractivity contribution in [1.82, 2.24) is 0 Å². The van der Waals surface area contributed by atoms with Crippen molar-refractivity contribution in [3.8, 4) is 5.75 Å². The molecule has 2 rings (SSSR count). The van der Waals surface area contributed by atoms with E-state index < -0.39 is 6.10 Å². The lowest BCUT2D eigenvalue weighted by atomic mass is 10.0. The van der Waals surface area contributed by atoms with Crippen LogP contribution in [-0.2, 0) is 11.2 Å². The molecule has 0 bridgehead atoms. The highest BCUT2D eigenvalue weighted by Gasteiger charge is 2.23. The van der Waals surface area contributed by atoms with E-state index in [9.17, 15) is 4.79 Å². The van der Waals surface area contributed by atoms with Crippen molar-refractivity contribution in [1.29, 1.82) is 0 Å². The number of nitrogens with one attached hydrogen (secondary N) is 1. The lowest BCUT2D eigenvalue weighted by Crippen LogP contribution is -2.34. The van der Waals surface area contributed by atoms with Crippen molar-refractivity contribution in [2.24, 2.45) is 5.73 Å². The zero-order chi connectivity index (χ0) is 12.4. The molecule has 92 valence electrons. The summed E-state index contributed by atoms with van der Waals surface area (Å²) in [5.74, 6) is 0.642. The third-order valence-electron chi connectivity index (χ3n) is 2.86. The van der Waals surface area contributed by atoms with Gasteiger partial charge in [0.2, 0.25) is 0 Å². The molecular formula is C13H18N2O2. The minimum Gasteiger partial charge on any atom is -0.479 e. The van der Waals surface area contributed by atoms with E-state index in [2.05, 4.69) is 5.32 Å². The summed E-state index contributed by atoms with van der Waals surface area (Å²) < 4.78 is 5.49. The van der Waals surface area contributed by atoms with E-state index in [1.807, 2.05) is 25.1 Å². The fourth-order valence-electron chi connectivity index (χ4n) is 1.81. The average Bonchev–Trinajstić information content (AvgIpc) is 2.28. The van der Waals surface area contributed by atoms with Crippen molar-refractivity contribution >= 4 is 11.6 Å². The fourth-order valence-corrected chi connectivity index (χ4v) is 1.81. The molecule has 1 heterocycles. The van der Waals surface area contributed by atoms with E-state index in [0.717, 1.165) is 24.3 Å². The predicted octanol–water partition coefficient (Wildman–Crippen LogP) is 1.69. The molecule has 2 atom stereocenters. The van der Waals surface area contributed by atoms with Crippen LogP contribution in [0.4, 0.5) is 5.69 Å². The van der Waals surface area contributed by atoms with Crippen LogP contribution in [0.25, 0.3) is 0 Å². The summed E-state index contributed by atoms with van der Waals surface area (Å²) >= 11 is 0. The third kappa shape index (κ3) is 2.77. The third-order valence-corrected chi connectivity index (χ3v) is 2.86. The second kappa shape index (κ2) is 4.75. The number of hydrogen-bond donors (Lipinski definition) is 2. The van der Waals surface area contributed by atoms with E-state index in [1.54, 1.807) is 6.92 Å². The first-order valence-corrected chi connectivity index (χ1v) is 5.92. The molecule has 1 aliphatic rings. The second-order valence-electron chi connectivity index (χ2n) is 4.60. The summed E-state index contributed by atoms with van der Waals surface area (Å²) in [7, 11) is 0. The highest BCUT2D eigenvalue weighted by molar-refractivity contribution is 5.97. The van der Waals surface area contributed by atoms with Crippen LogP contribution in [0.1, 0.15) is 25.8 Å². The number of amides is 1. The van der Waals surface area contributed by atoms with E-state index in [4.69, 9.17) is 10.5 Å². The Morgan fingerprint density at radius 3 is 3.00 bits per heavy atom. The maximum absolute atomic E-state index is 11.5. The minimum absolute atomic E-state index is 0.0955. The number of ether oxygens (including phenoxy) is 1. The molecule has 0 aromatic heterocycles. The maximum atomic E-state index is 11.5. The SMILES string of the molecule is CC(N)CCc1ccc2c(c1)NC(=O)C(C)O2. The maximum Gasteiger partial charge on any atom is 0.265 e. The monoisotopic (exact) mass is 234 g/mol. The van der Waals surface area contributed by atoms with Crippen LogP contribution < -0.4 is 15.8 Å².